The van der Waals surface area contributed by atoms with E-state index >= 15 is 0 Å². The largest absolute Gasteiger partial charge is 0.390 e. The minimum absolute atomic E-state index is 0.0614. The van der Waals surface area contributed by atoms with E-state index in [9.17, 15) is 14.7 Å². The molecule has 8 nitrogen and oxygen atoms in total. The number of aliphatic hydroxyl groups is 1. The zero-order valence-electron chi connectivity index (χ0n) is 23.5. The van der Waals surface area contributed by atoms with Crippen LogP contribution < -0.4 is 11.1 Å². The third-order valence-electron chi connectivity index (χ3n) is 8.55. The van der Waals surface area contributed by atoms with Crippen molar-refractivity contribution >= 4 is 29.0 Å². The Morgan fingerprint density at radius 2 is 1.80 bits per heavy atom. The Labute approximate surface area is 240 Å². The highest BCUT2D eigenvalue weighted by molar-refractivity contribution is 7.08. The number of nitrogens with zero attached hydrogens (tertiary/aromatic N) is 3. The summed E-state index contributed by atoms with van der Waals surface area (Å²) in [4.78, 5) is 26.8. The Bertz CT molecular complexity index is 1340. The third kappa shape index (κ3) is 6.11. The van der Waals surface area contributed by atoms with Crippen molar-refractivity contribution in [2.75, 3.05) is 12.4 Å². The lowest BCUT2D eigenvalue weighted by molar-refractivity contribution is -0.132. The molecular weight excluding hydrogens is 522 g/mol. The van der Waals surface area contributed by atoms with E-state index in [1.807, 2.05) is 67.6 Å². The molecule has 2 saturated carbocycles. The standard InChI is InChI=1S/C31H39N5O3S/c1-4-28(38)36(3)24-11-5-20(6-12-24)15-27(37)33-26-16-25(22-13-14-40-17-22)29(35-34-26)21-7-9-23(10-8-21)31(32)18-30(2,39)19-31/h7-10,13-14,16-17,20,24,39H,4-6,11-12,15,18-19,32H2,1-3H3,(H,33,34,37)/t20?,24?,30-,31-. The van der Waals surface area contributed by atoms with E-state index in [4.69, 9.17) is 5.73 Å². The summed E-state index contributed by atoms with van der Waals surface area (Å²) in [6.07, 6.45) is 5.75. The van der Waals surface area contributed by atoms with Crippen molar-refractivity contribution in [1.29, 1.82) is 0 Å². The van der Waals surface area contributed by atoms with Gasteiger partial charge in [0.25, 0.3) is 0 Å². The van der Waals surface area contributed by atoms with Crippen LogP contribution in [-0.2, 0) is 15.1 Å². The smallest absolute Gasteiger partial charge is 0.225 e. The molecular formula is C31H39N5O3S. The lowest BCUT2D eigenvalue weighted by Crippen LogP contribution is -2.58. The van der Waals surface area contributed by atoms with Crippen LogP contribution in [0.15, 0.2) is 47.2 Å². The van der Waals surface area contributed by atoms with Crippen molar-refractivity contribution in [2.45, 2.75) is 82.4 Å². The van der Waals surface area contributed by atoms with Crippen molar-refractivity contribution in [3.05, 3.63) is 52.7 Å². The van der Waals surface area contributed by atoms with E-state index in [0.717, 1.165) is 53.6 Å². The molecule has 0 saturated heterocycles. The summed E-state index contributed by atoms with van der Waals surface area (Å²) in [5.74, 6) is 0.852. The number of carbonyl (C=O) groups excluding carboxylic acids is 2. The maximum atomic E-state index is 12.9. The quantitative estimate of drug-likeness (QED) is 0.342. The summed E-state index contributed by atoms with van der Waals surface area (Å²) < 4.78 is 0. The molecule has 40 heavy (non-hydrogen) atoms. The molecule has 0 radical (unpaired) electrons. The normalized spacial score (nSPS) is 26.1. The number of nitrogens with one attached hydrogen (secondary N) is 1. The van der Waals surface area contributed by atoms with Crippen LogP contribution in [-0.4, -0.2) is 50.7 Å². The van der Waals surface area contributed by atoms with Crippen LogP contribution >= 0.6 is 11.3 Å². The van der Waals surface area contributed by atoms with E-state index < -0.39 is 11.1 Å². The number of carbonyl (C=O) groups is 2. The maximum Gasteiger partial charge on any atom is 0.225 e. The molecule has 2 aliphatic rings. The second-order valence-electron chi connectivity index (χ2n) is 11.9. The first kappa shape index (κ1) is 28.4. The Hall–Kier alpha value is -3.14. The van der Waals surface area contributed by atoms with E-state index in [0.29, 0.717) is 37.4 Å². The zero-order valence-corrected chi connectivity index (χ0v) is 24.3. The van der Waals surface area contributed by atoms with Gasteiger partial charge in [0, 0.05) is 42.6 Å². The second kappa shape index (κ2) is 11.4. The summed E-state index contributed by atoms with van der Waals surface area (Å²) in [5.41, 5.74) is 9.86. The monoisotopic (exact) mass is 561 g/mol. The van der Waals surface area contributed by atoms with Gasteiger partial charge >= 0.3 is 0 Å². The number of anilines is 1. The molecule has 2 heterocycles. The van der Waals surface area contributed by atoms with Gasteiger partial charge in [-0.3, -0.25) is 9.59 Å². The first-order valence-electron chi connectivity index (χ1n) is 14.1. The molecule has 0 spiro atoms. The third-order valence-corrected chi connectivity index (χ3v) is 9.24. The molecule has 0 bridgehead atoms. The number of aromatic nitrogens is 2. The van der Waals surface area contributed by atoms with Gasteiger partial charge in [-0.1, -0.05) is 31.2 Å². The molecule has 0 aliphatic heterocycles. The molecule has 4 N–H and O–H groups in total. The summed E-state index contributed by atoms with van der Waals surface area (Å²) in [7, 11) is 1.89. The summed E-state index contributed by atoms with van der Waals surface area (Å²) >= 11 is 1.60. The molecule has 0 atom stereocenters. The van der Waals surface area contributed by atoms with E-state index in [1.54, 1.807) is 11.3 Å². The van der Waals surface area contributed by atoms with Crippen molar-refractivity contribution in [1.82, 2.24) is 15.1 Å². The fourth-order valence-electron chi connectivity index (χ4n) is 6.42. The molecule has 2 amide bonds. The van der Waals surface area contributed by atoms with E-state index in [-0.39, 0.29) is 17.9 Å². The molecule has 2 aliphatic carbocycles. The predicted octanol–water partition coefficient (Wildman–Crippen LogP) is 5.33. The van der Waals surface area contributed by atoms with Crippen LogP contribution in [0.4, 0.5) is 5.82 Å². The van der Waals surface area contributed by atoms with Crippen LogP contribution in [0.25, 0.3) is 22.4 Å². The van der Waals surface area contributed by atoms with Gasteiger partial charge in [0.05, 0.1) is 5.60 Å². The Balaban J connectivity index is 1.26. The van der Waals surface area contributed by atoms with Crippen molar-refractivity contribution in [3.63, 3.8) is 0 Å². The Kier molecular flexibility index (Phi) is 8.08. The number of nitrogens with two attached hydrogens (primary N) is 1. The molecule has 9 heteroatoms. The SMILES string of the molecule is CCC(=O)N(C)C1CCC(CC(=O)Nc2cc(-c3ccsc3)c(-c3ccc([C@]4(N)C[C@](C)(O)C4)cc3)nn2)CC1. The second-order valence-corrected chi connectivity index (χ2v) is 12.7. The van der Waals surface area contributed by atoms with Crippen molar-refractivity contribution < 1.29 is 14.7 Å². The molecule has 5 rings (SSSR count). The maximum absolute atomic E-state index is 12.9. The van der Waals surface area contributed by atoms with Crippen LogP contribution in [0.1, 0.15) is 70.8 Å². The number of rotatable bonds is 8. The van der Waals surface area contributed by atoms with Crippen LogP contribution in [0.5, 0.6) is 0 Å². The summed E-state index contributed by atoms with van der Waals surface area (Å²) in [5, 5.41) is 26.1. The highest BCUT2D eigenvalue weighted by Crippen LogP contribution is 2.46. The van der Waals surface area contributed by atoms with E-state index in [1.165, 1.54) is 0 Å². The molecule has 3 aromatic rings. The van der Waals surface area contributed by atoms with Gasteiger partial charge in [-0.25, -0.2) is 0 Å². The summed E-state index contributed by atoms with van der Waals surface area (Å²) in [6.45, 7) is 3.71. The molecule has 2 fully saturated rings. The molecule has 1 aromatic carbocycles. The molecule has 212 valence electrons. The van der Waals surface area contributed by atoms with Crippen LogP contribution in [0.2, 0.25) is 0 Å². The van der Waals surface area contributed by atoms with Gasteiger partial charge in [-0.15, -0.1) is 10.2 Å². The number of benzene rings is 1. The predicted molar refractivity (Wildman–Crippen MR) is 159 cm³/mol. The average Bonchev–Trinajstić information content (AvgIpc) is 3.46. The minimum atomic E-state index is -0.712. The lowest BCUT2D eigenvalue weighted by atomic mass is 9.63. The topological polar surface area (TPSA) is 121 Å². The first-order valence-corrected chi connectivity index (χ1v) is 15.1. The Morgan fingerprint density at radius 1 is 1.10 bits per heavy atom. The number of hydrogen-bond donors (Lipinski definition) is 3. The molecule has 2 aromatic heterocycles. The van der Waals surface area contributed by atoms with Gasteiger partial charge in [-0.05, 0) is 85.4 Å². The highest BCUT2D eigenvalue weighted by Gasteiger charge is 2.49. The molecule has 0 unspecified atom stereocenters. The first-order chi connectivity index (χ1) is 19.1. The lowest BCUT2D eigenvalue weighted by Gasteiger charge is -2.49. The number of thiophene rings is 1. The number of amides is 2. The van der Waals surface area contributed by atoms with Crippen molar-refractivity contribution in [3.8, 4) is 22.4 Å². The fourth-order valence-corrected chi connectivity index (χ4v) is 7.08. The zero-order chi connectivity index (χ0) is 28.5. The minimum Gasteiger partial charge on any atom is -0.390 e. The summed E-state index contributed by atoms with van der Waals surface area (Å²) in [6, 6.07) is 12.2. The van der Waals surface area contributed by atoms with E-state index in [2.05, 4.69) is 20.9 Å². The van der Waals surface area contributed by atoms with Gasteiger partial charge in [0.15, 0.2) is 5.82 Å². The van der Waals surface area contributed by atoms with Gasteiger partial charge in [-0.2, -0.15) is 11.3 Å². The number of hydrogen-bond acceptors (Lipinski definition) is 7. The average molecular weight is 562 g/mol. The van der Waals surface area contributed by atoms with Gasteiger partial charge in [0.2, 0.25) is 11.8 Å². The van der Waals surface area contributed by atoms with Crippen LogP contribution in [0, 0.1) is 5.92 Å². The van der Waals surface area contributed by atoms with Crippen LogP contribution in [0.3, 0.4) is 0 Å². The van der Waals surface area contributed by atoms with Gasteiger partial charge < -0.3 is 21.1 Å². The van der Waals surface area contributed by atoms with Gasteiger partial charge in [0.1, 0.15) is 5.69 Å². The fraction of sp³-hybridized carbons (Fsp3) is 0.484. The van der Waals surface area contributed by atoms with Crippen molar-refractivity contribution in [2.24, 2.45) is 11.7 Å². The Morgan fingerprint density at radius 3 is 2.40 bits per heavy atom. The highest BCUT2D eigenvalue weighted by atomic mass is 32.1.